The summed E-state index contributed by atoms with van der Waals surface area (Å²) in [6, 6.07) is 25.2. The molecule has 2 N–H and O–H groups in total. The number of aliphatic carboxylic acids is 1. The molecule has 8 nitrogen and oxygen atoms in total. The number of carbonyl (C=O) groups is 3. The van der Waals surface area contributed by atoms with Crippen LogP contribution in [0.25, 0.3) is 0 Å². The lowest BCUT2D eigenvalue weighted by Crippen LogP contribution is -2.49. The number of rotatable bonds is 6. The van der Waals surface area contributed by atoms with Crippen molar-refractivity contribution in [2.75, 3.05) is 11.4 Å². The van der Waals surface area contributed by atoms with Gasteiger partial charge in [0.1, 0.15) is 13.2 Å². The molecule has 1 aliphatic rings. The Morgan fingerprint density at radius 1 is 0.939 bits per heavy atom. The molecule has 166 valence electrons. The first kappa shape index (κ1) is 21.8. The van der Waals surface area contributed by atoms with E-state index < -0.39 is 30.7 Å². The molecule has 3 aromatic carbocycles. The Morgan fingerprint density at radius 2 is 1.58 bits per heavy atom. The van der Waals surface area contributed by atoms with E-state index in [9.17, 15) is 19.5 Å². The molecule has 0 aliphatic carbocycles. The van der Waals surface area contributed by atoms with Crippen LogP contribution in [0.5, 0.6) is 0 Å². The molecule has 0 saturated heterocycles. The molecule has 0 bridgehead atoms. The lowest BCUT2D eigenvalue weighted by Gasteiger charge is -2.23. The van der Waals surface area contributed by atoms with Crippen LogP contribution in [0.15, 0.2) is 89.9 Å². The van der Waals surface area contributed by atoms with Crippen molar-refractivity contribution < 1.29 is 24.2 Å². The van der Waals surface area contributed by atoms with Crippen LogP contribution in [0.2, 0.25) is 0 Å². The molecule has 1 unspecified atom stereocenters. The topological polar surface area (TPSA) is 108 Å². The van der Waals surface area contributed by atoms with Gasteiger partial charge in [-0.25, -0.2) is 9.79 Å². The highest BCUT2D eigenvalue weighted by atomic mass is 16.5. The molecule has 0 aromatic heterocycles. The van der Waals surface area contributed by atoms with E-state index in [1.54, 1.807) is 36.4 Å². The SMILES string of the molecule is O=C(O)CN1C(=O)C(NC(=O)OCc2ccccc2)N=C(c2ccccc2)c2ccccc21. The number of alkyl carbamates (subject to hydrolysis) is 1. The number of aliphatic imine (C=N–C) groups is 1. The number of carboxylic acid groups (broad SMARTS) is 1. The van der Waals surface area contributed by atoms with Crippen LogP contribution < -0.4 is 10.2 Å². The summed E-state index contributed by atoms with van der Waals surface area (Å²) in [7, 11) is 0. The first-order valence-electron chi connectivity index (χ1n) is 10.3. The smallest absolute Gasteiger partial charge is 0.409 e. The molecule has 4 rings (SSSR count). The van der Waals surface area contributed by atoms with E-state index in [1.165, 1.54) is 0 Å². The highest BCUT2D eigenvalue weighted by molar-refractivity contribution is 6.20. The fraction of sp³-hybridized carbons (Fsp3) is 0.120. The third-order valence-electron chi connectivity index (χ3n) is 5.02. The second-order valence-corrected chi connectivity index (χ2v) is 7.29. The summed E-state index contributed by atoms with van der Waals surface area (Å²) < 4.78 is 5.25. The van der Waals surface area contributed by atoms with Crippen molar-refractivity contribution in [2.24, 2.45) is 4.99 Å². The first-order chi connectivity index (χ1) is 16.0. The highest BCUT2D eigenvalue weighted by Crippen LogP contribution is 2.28. The van der Waals surface area contributed by atoms with Gasteiger partial charge in [0.25, 0.3) is 5.91 Å². The predicted molar refractivity (Wildman–Crippen MR) is 122 cm³/mol. The predicted octanol–water partition coefficient (Wildman–Crippen LogP) is 3.21. The minimum atomic E-state index is -1.37. The number of hydrogen-bond donors (Lipinski definition) is 2. The molecular formula is C25H21N3O5. The van der Waals surface area contributed by atoms with Gasteiger partial charge in [-0.15, -0.1) is 0 Å². The van der Waals surface area contributed by atoms with Crippen molar-refractivity contribution >= 4 is 29.4 Å². The average molecular weight is 443 g/mol. The van der Waals surface area contributed by atoms with Crippen molar-refractivity contribution in [3.63, 3.8) is 0 Å². The largest absolute Gasteiger partial charge is 0.480 e. The minimum Gasteiger partial charge on any atom is -0.480 e. The Hall–Kier alpha value is -4.46. The number of nitrogens with zero attached hydrogens (tertiary/aromatic N) is 2. The second kappa shape index (κ2) is 9.78. The number of fused-ring (bicyclic) bond motifs is 1. The van der Waals surface area contributed by atoms with E-state index in [4.69, 9.17) is 4.74 Å². The Kier molecular flexibility index (Phi) is 6.45. The quantitative estimate of drug-likeness (QED) is 0.608. The number of para-hydroxylation sites is 1. The number of amides is 2. The summed E-state index contributed by atoms with van der Waals surface area (Å²) in [6.45, 7) is -0.563. The van der Waals surface area contributed by atoms with E-state index in [1.807, 2.05) is 48.5 Å². The van der Waals surface area contributed by atoms with Gasteiger partial charge in [0.05, 0.1) is 11.4 Å². The fourth-order valence-corrected chi connectivity index (χ4v) is 3.52. The van der Waals surface area contributed by atoms with Crippen molar-refractivity contribution in [3.8, 4) is 0 Å². The van der Waals surface area contributed by atoms with Gasteiger partial charge in [-0.1, -0.05) is 78.9 Å². The summed E-state index contributed by atoms with van der Waals surface area (Å²) in [5.74, 6) is -1.86. The third-order valence-corrected chi connectivity index (χ3v) is 5.02. The van der Waals surface area contributed by atoms with E-state index in [-0.39, 0.29) is 6.61 Å². The zero-order chi connectivity index (χ0) is 23.2. The summed E-state index contributed by atoms with van der Waals surface area (Å²) in [5.41, 5.74) is 2.95. The van der Waals surface area contributed by atoms with Crippen molar-refractivity contribution in [1.82, 2.24) is 5.32 Å². The standard InChI is InChI=1S/C25H21N3O5/c29-21(30)15-28-20-14-8-7-13-19(20)22(18-11-5-2-6-12-18)26-23(24(28)31)27-25(32)33-16-17-9-3-1-4-10-17/h1-14,23H,15-16H2,(H,27,32)(H,29,30). The summed E-state index contributed by atoms with van der Waals surface area (Å²) in [5, 5.41) is 11.9. The molecule has 33 heavy (non-hydrogen) atoms. The molecule has 3 aromatic rings. The van der Waals surface area contributed by atoms with Crippen molar-refractivity contribution in [2.45, 2.75) is 12.8 Å². The summed E-state index contributed by atoms with van der Waals surface area (Å²) in [4.78, 5) is 43.0. The van der Waals surface area contributed by atoms with E-state index >= 15 is 0 Å². The maximum Gasteiger partial charge on any atom is 0.409 e. The van der Waals surface area contributed by atoms with Crippen LogP contribution >= 0.6 is 0 Å². The Balaban J connectivity index is 1.68. The summed E-state index contributed by atoms with van der Waals surface area (Å²) in [6.07, 6.45) is -2.20. The number of anilines is 1. The number of benzodiazepines with no additional fused rings is 1. The van der Waals surface area contributed by atoms with Gasteiger partial charge >= 0.3 is 12.1 Å². The van der Waals surface area contributed by atoms with Crippen LogP contribution in [0.4, 0.5) is 10.5 Å². The monoisotopic (exact) mass is 443 g/mol. The van der Waals surface area contributed by atoms with Gasteiger partial charge in [0.2, 0.25) is 6.17 Å². The maximum absolute atomic E-state index is 13.3. The van der Waals surface area contributed by atoms with Crippen LogP contribution in [0, 0.1) is 0 Å². The molecule has 0 spiro atoms. The normalized spacial score (nSPS) is 15.2. The fourth-order valence-electron chi connectivity index (χ4n) is 3.52. The van der Waals surface area contributed by atoms with Crippen LogP contribution in [-0.2, 0) is 20.9 Å². The molecule has 8 heteroatoms. The third kappa shape index (κ3) is 5.07. The highest BCUT2D eigenvalue weighted by Gasteiger charge is 2.34. The van der Waals surface area contributed by atoms with Crippen LogP contribution in [0.1, 0.15) is 16.7 Å². The molecular weight excluding hydrogens is 422 g/mol. The van der Waals surface area contributed by atoms with Crippen LogP contribution in [0.3, 0.4) is 0 Å². The Labute approximate surface area is 190 Å². The number of carboxylic acids is 1. The second-order valence-electron chi connectivity index (χ2n) is 7.29. The van der Waals surface area contributed by atoms with Gasteiger partial charge in [-0.05, 0) is 11.6 Å². The lowest BCUT2D eigenvalue weighted by molar-refractivity contribution is -0.136. The van der Waals surface area contributed by atoms with Gasteiger partial charge in [0.15, 0.2) is 0 Å². The first-order valence-corrected chi connectivity index (χ1v) is 10.3. The number of ether oxygens (including phenoxy) is 1. The molecule has 1 heterocycles. The minimum absolute atomic E-state index is 0.0158. The molecule has 1 atom stereocenters. The van der Waals surface area contributed by atoms with E-state index in [0.29, 0.717) is 17.0 Å². The van der Waals surface area contributed by atoms with Gasteiger partial charge in [-0.3, -0.25) is 19.8 Å². The van der Waals surface area contributed by atoms with E-state index in [2.05, 4.69) is 10.3 Å². The number of carbonyl (C=O) groups excluding carboxylic acids is 2. The maximum atomic E-state index is 13.3. The zero-order valence-corrected chi connectivity index (χ0v) is 17.5. The van der Waals surface area contributed by atoms with Gasteiger partial charge in [-0.2, -0.15) is 0 Å². The van der Waals surface area contributed by atoms with E-state index in [0.717, 1.165) is 16.0 Å². The average Bonchev–Trinajstić information content (AvgIpc) is 2.94. The number of nitrogens with one attached hydrogen (secondary N) is 1. The Bertz CT molecular complexity index is 1190. The molecule has 1 aliphatic heterocycles. The van der Waals surface area contributed by atoms with Crippen molar-refractivity contribution in [3.05, 3.63) is 102 Å². The molecule has 2 amide bonds. The number of benzene rings is 3. The molecule has 0 radical (unpaired) electrons. The zero-order valence-electron chi connectivity index (χ0n) is 17.5. The molecule has 0 saturated carbocycles. The molecule has 0 fully saturated rings. The lowest BCUT2D eigenvalue weighted by atomic mass is 10.0. The Morgan fingerprint density at radius 3 is 2.27 bits per heavy atom. The van der Waals surface area contributed by atoms with Crippen LogP contribution in [-0.4, -0.2) is 41.5 Å². The number of hydrogen-bond acceptors (Lipinski definition) is 5. The van der Waals surface area contributed by atoms with Crippen molar-refractivity contribution in [1.29, 1.82) is 0 Å². The van der Waals surface area contributed by atoms with Gasteiger partial charge in [0, 0.05) is 11.1 Å². The van der Waals surface area contributed by atoms with Gasteiger partial charge < -0.3 is 9.84 Å². The summed E-state index contributed by atoms with van der Waals surface area (Å²) >= 11 is 0.